The molecule has 1 aromatic rings. The number of halogens is 1. The Morgan fingerprint density at radius 3 is 2.83 bits per heavy atom. The molecule has 0 spiro atoms. The highest BCUT2D eigenvalue weighted by molar-refractivity contribution is 6.31. The molecular weight excluding hydrogens is 250 g/mol. The molecule has 1 amide bonds. The van der Waals surface area contributed by atoms with Crippen molar-refractivity contribution in [2.45, 2.75) is 27.2 Å². The van der Waals surface area contributed by atoms with Crippen LogP contribution >= 0.6 is 11.6 Å². The number of nitrogens with one attached hydrogen (secondary N) is 2. The molecular formula is C13H18ClN3O. The molecule has 0 bridgehead atoms. The Labute approximate surface area is 112 Å². The average molecular weight is 268 g/mol. The van der Waals surface area contributed by atoms with E-state index in [0.717, 1.165) is 23.4 Å². The molecule has 98 valence electrons. The number of nitrogens with zero attached hydrogens (tertiary/aromatic N) is 1. The molecule has 18 heavy (non-hydrogen) atoms. The molecule has 1 aromatic carbocycles. The molecule has 0 aliphatic rings. The largest absolute Gasteiger partial charge is 0.376 e. The van der Waals surface area contributed by atoms with Crippen molar-refractivity contribution in [1.82, 2.24) is 5.43 Å². The van der Waals surface area contributed by atoms with Crippen LogP contribution in [0.2, 0.25) is 5.02 Å². The van der Waals surface area contributed by atoms with Crippen molar-refractivity contribution in [2.75, 3.05) is 11.9 Å². The molecule has 0 fully saturated rings. The first-order valence-corrected chi connectivity index (χ1v) is 6.23. The Morgan fingerprint density at radius 2 is 2.17 bits per heavy atom. The fraction of sp³-hybridized carbons (Fsp3) is 0.385. The van der Waals surface area contributed by atoms with Gasteiger partial charge in [-0.3, -0.25) is 4.79 Å². The first-order chi connectivity index (χ1) is 8.54. The van der Waals surface area contributed by atoms with Gasteiger partial charge in [0.15, 0.2) is 0 Å². The van der Waals surface area contributed by atoms with Gasteiger partial charge < -0.3 is 5.32 Å². The van der Waals surface area contributed by atoms with Gasteiger partial charge in [0.05, 0.1) is 6.54 Å². The lowest BCUT2D eigenvalue weighted by Gasteiger charge is -2.09. The minimum Gasteiger partial charge on any atom is -0.376 e. The lowest BCUT2D eigenvalue weighted by atomic mass is 10.2. The summed E-state index contributed by atoms with van der Waals surface area (Å²) in [5.74, 6) is -0.179. The van der Waals surface area contributed by atoms with Crippen LogP contribution in [0.3, 0.4) is 0 Å². The SMILES string of the molecule is CC/C(C)=N/NC(=O)CNc1cccc(Cl)c1C. The first kappa shape index (κ1) is 14.5. The molecule has 0 aliphatic carbocycles. The van der Waals surface area contributed by atoms with Crippen LogP contribution in [-0.4, -0.2) is 18.2 Å². The zero-order valence-corrected chi connectivity index (χ0v) is 11.6. The third-order valence-corrected chi connectivity index (χ3v) is 3.00. The number of carbonyl (C=O) groups is 1. The summed E-state index contributed by atoms with van der Waals surface area (Å²) in [6, 6.07) is 5.54. The Balaban J connectivity index is 2.50. The third-order valence-electron chi connectivity index (χ3n) is 2.59. The van der Waals surface area contributed by atoms with E-state index in [1.54, 1.807) is 0 Å². The minimum atomic E-state index is -0.179. The molecule has 0 aliphatic heterocycles. The van der Waals surface area contributed by atoms with Crippen LogP contribution in [0.5, 0.6) is 0 Å². The maximum absolute atomic E-state index is 11.5. The van der Waals surface area contributed by atoms with Gasteiger partial charge in [-0.15, -0.1) is 0 Å². The zero-order valence-electron chi connectivity index (χ0n) is 10.9. The Bertz CT molecular complexity index is 458. The van der Waals surface area contributed by atoms with Crippen LogP contribution in [0.15, 0.2) is 23.3 Å². The lowest BCUT2D eigenvalue weighted by molar-refractivity contribution is -0.119. The monoisotopic (exact) mass is 267 g/mol. The van der Waals surface area contributed by atoms with E-state index in [4.69, 9.17) is 11.6 Å². The summed E-state index contributed by atoms with van der Waals surface area (Å²) >= 11 is 5.99. The normalized spacial score (nSPS) is 11.2. The summed E-state index contributed by atoms with van der Waals surface area (Å²) in [4.78, 5) is 11.5. The van der Waals surface area contributed by atoms with E-state index < -0.39 is 0 Å². The maximum atomic E-state index is 11.5. The average Bonchev–Trinajstić information content (AvgIpc) is 2.37. The number of hydrogen-bond acceptors (Lipinski definition) is 3. The van der Waals surface area contributed by atoms with E-state index in [1.165, 1.54) is 0 Å². The highest BCUT2D eigenvalue weighted by atomic mass is 35.5. The smallest absolute Gasteiger partial charge is 0.259 e. The van der Waals surface area contributed by atoms with Gasteiger partial charge in [-0.1, -0.05) is 24.6 Å². The predicted molar refractivity (Wildman–Crippen MR) is 76.2 cm³/mol. The number of anilines is 1. The van der Waals surface area contributed by atoms with Gasteiger partial charge >= 0.3 is 0 Å². The molecule has 5 heteroatoms. The number of benzene rings is 1. The van der Waals surface area contributed by atoms with Crippen molar-refractivity contribution in [3.05, 3.63) is 28.8 Å². The van der Waals surface area contributed by atoms with Crippen LogP contribution in [0.1, 0.15) is 25.8 Å². The fourth-order valence-electron chi connectivity index (χ4n) is 1.25. The zero-order chi connectivity index (χ0) is 13.5. The second-order valence-corrected chi connectivity index (χ2v) is 4.41. The Hall–Kier alpha value is -1.55. The highest BCUT2D eigenvalue weighted by Gasteiger charge is 2.04. The molecule has 0 aromatic heterocycles. The summed E-state index contributed by atoms with van der Waals surface area (Å²) in [5, 5.41) is 7.66. The van der Waals surface area contributed by atoms with E-state index in [2.05, 4.69) is 15.8 Å². The molecule has 0 radical (unpaired) electrons. The second kappa shape index (κ2) is 7.01. The van der Waals surface area contributed by atoms with Gasteiger partial charge in [0, 0.05) is 16.4 Å². The molecule has 1 rings (SSSR count). The first-order valence-electron chi connectivity index (χ1n) is 5.85. The molecule has 0 saturated carbocycles. The van der Waals surface area contributed by atoms with Crippen molar-refractivity contribution in [3.63, 3.8) is 0 Å². The van der Waals surface area contributed by atoms with E-state index >= 15 is 0 Å². The molecule has 4 nitrogen and oxygen atoms in total. The number of hydrazone groups is 1. The van der Waals surface area contributed by atoms with Crippen molar-refractivity contribution in [3.8, 4) is 0 Å². The second-order valence-electron chi connectivity index (χ2n) is 4.00. The Kier molecular flexibility index (Phi) is 5.65. The topological polar surface area (TPSA) is 53.5 Å². The number of rotatable bonds is 5. The van der Waals surface area contributed by atoms with E-state index in [0.29, 0.717) is 5.02 Å². The fourth-order valence-corrected chi connectivity index (χ4v) is 1.43. The van der Waals surface area contributed by atoms with Crippen molar-refractivity contribution in [2.24, 2.45) is 5.10 Å². The maximum Gasteiger partial charge on any atom is 0.259 e. The van der Waals surface area contributed by atoms with Gasteiger partial charge in [0.2, 0.25) is 0 Å². The molecule has 0 atom stereocenters. The van der Waals surface area contributed by atoms with Gasteiger partial charge in [-0.25, -0.2) is 5.43 Å². The number of carbonyl (C=O) groups excluding carboxylic acids is 1. The summed E-state index contributed by atoms with van der Waals surface area (Å²) in [6.45, 7) is 5.93. The lowest BCUT2D eigenvalue weighted by Crippen LogP contribution is -2.26. The minimum absolute atomic E-state index is 0.168. The quantitative estimate of drug-likeness (QED) is 0.637. The van der Waals surface area contributed by atoms with Gasteiger partial charge in [0.25, 0.3) is 5.91 Å². The van der Waals surface area contributed by atoms with Crippen LogP contribution in [0.25, 0.3) is 0 Å². The van der Waals surface area contributed by atoms with Crippen molar-refractivity contribution < 1.29 is 4.79 Å². The van der Waals surface area contributed by atoms with E-state index in [-0.39, 0.29) is 12.5 Å². The molecule has 0 heterocycles. The van der Waals surface area contributed by atoms with E-state index in [9.17, 15) is 4.79 Å². The van der Waals surface area contributed by atoms with Crippen LogP contribution in [0, 0.1) is 6.92 Å². The standard InChI is InChI=1S/C13H18ClN3O/c1-4-9(2)16-17-13(18)8-15-12-7-5-6-11(14)10(12)3/h5-7,15H,4,8H2,1-3H3,(H,17,18)/b16-9+. The van der Waals surface area contributed by atoms with Crippen molar-refractivity contribution >= 4 is 28.9 Å². The molecule has 2 N–H and O–H groups in total. The highest BCUT2D eigenvalue weighted by Crippen LogP contribution is 2.22. The summed E-state index contributed by atoms with van der Waals surface area (Å²) in [6.07, 6.45) is 0.821. The van der Waals surface area contributed by atoms with Crippen LogP contribution < -0.4 is 10.7 Å². The summed E-state index contributed by atoms with van der Waals surface area (Å²) in [5.41, 5.74) is 5.17. The summed E-state index contributed by atoms with van der Waals surface area (Å²) in [7, 11) is 0. The number of hydrogen-bond donors (Lipinski definition) is 2. The van der Waals surface area contributed by atoms with Crippen LogP contribution in [-0.2, 0) is 4.79 Å². The van der Waals surface area contributed by atoms with Gasteiger partial charge in [-0.2, -0.15) is 5.10 Å². The summed E-state index contributed by atoms with van der Waals surface area (Å²) < 4.78 is 0. The number of amides is 1. The Morgan fingerprint density at radius 1 is 1.44 bits per heavy atom. The van der Waals surface area contributed by atoms with Gasteiger partial charge in [0.1, 0.15) is 0 Å². The van der Waals surface area contributed by atoms with Gasteiger partial charge in [-0.05, 0) is 38.0 Å². The predicted octanol–water partition coefficient (Wildman–Crippen LogP) is 2.96. The third kappa shape index (κ3) is 4.37. The van der Waals surface area contributed by atoms with E-state index in [1.807, 2.05) is 39.0 Å². The molecule has 0 unspecified atom stereocenters. The van der Waals surface area contributed by atoms with Crippen LogP contribution in [0.4, 0.5) is 5.69 Å². The van der Waals surface area contributed by atoms with Crippen molar-refractivity contribution in [1.29, 1.82) is 0 Å². The molecule has 0 saturated heterocycles.